The zero-order valence-corrected chi connectivity index (χ0v) is 11.4. The first-order chi connectivity index (χ1) is 9.34. The van der Waals surface area contributed by atoms with Crippen molar-refractivity contribution in [1.29, 1.82) is 0 Å². The first-order valence-corrected chi connectivity index (χ1v) is 7.44. The Hall–Kier alpha value is -1.86. The first kappa shape index (κ1) is 11.0. The van der Waals surface area contributed by atoms with Crippen molar-refractivity contribution in [3.8, 4) is 0 Å². The van der Waals surface area contributed by atoms with Crippen LogP contribution in [0.25, 0.3) is 10.8 Å². The summed E-state index contributed by atoms with van der Waals surface area (Å²) in [5.74, 6) is 0.402. The van der Waals surface area contributed by atoms with E-state index in [0.717, 1.165) is 6.42 Å². The lowest BCUT2D eigenvalue weighted by molar-refractivity contribution is 1.02. The minimum Gasteiger partial charge on any atom is -0.148 e. The summed E-state index contributed by atoms with van der Waals surface area (Å²) in [5.41, 5.74) is 4.25. The summed E-state index contributed by atoms with van der Waals surface area (Å²) in [7, 11) is 0. The van der Waals surface area contributed by atoms with Crippen molar-refractivity contribution < 1.29 is 0 Å². The summed E-state index contributed by atoms with van der Waals surface area (Å²) in [6.07, 6.45) is 1.01. The van der Waals surface area contributed by atoms with E-state index in [1.807, 2.05) is 11.3 Å². The van der Waals surface area contributed by atoms with Crippen LogP contribution < -0.4 is 0 Å². The van der Waals surface area contributed by atoms with Crippen molar-refractivity contribution in [2.24, 2.45) is 0 Å². The molecule has 0 saturated carbocycles. The van der Waals surface area contributed by atoms with Gasteiger partial charge in [0, 0.05) is 10.8 Å². The first-order valence-electron chi connectivity index (χ1n) is 6.56. The summed E-state index contributed by atoms with van der Waals surface area (Å²) >= 11 is 1.83. The number of rotatable bonds is 1. The Morgan fingerprint density at radius 1 is 1.00 bits per heavy atom. The molecular formula is C18H14S. The number of fused-ring (bicyclic) bond motifs is 3. The van der Waals surface area contributed by atoms with Gasteiger partial charge in [-0.15, -0.1) is 11.3 Å². The molecule has 3 aromatic rings. The van der Waals surface area contributed by atoms with Crippen LogP contribution in [0.15, 0.2) is 66.1 Å². The Balaban J connectivity index is 1.98. The van der Waals surface area contributed by atoms with E-state index in [-0.39, 0.29) is 0 Å². The van der Waals surface area contributed by atoms with Crippen LogP contribution in [0, 0.1) is 0 Å². The Morgan fingerprint density at radius 3 is 2.74 bits per heavy atom. The third kappa shape index (κ3) is 1.58. The van der Waals surface area contributed by atoms with Crippen molar-refractivity contribution >= 4 is 22.1 Å². The summed E-state index contributed by atoms with van der Waals surface area (Å²) in [6.45, 7) is 4.32. The van der Waals surface area contributed by atoms with Crippen LogP contribution in [0.2, 0.25) is 0 Å². The smallest absolute Gasteiger partial charge is 0.0396 e. The number of benzene rings is 2. The highest BCUT2D eigenvalue weighted by Gasteiger charge is 2.29. The van der Waals surface area contributed by atoms with E-state index in [0.29, 0.717) is 5.92 Å². The Morgan fingerprint density at radius 2 is 1.89 bits per heavy atom. The van der Waals surface area contributed by atoms with Gasteiger partial charge in [0.25, 0.3) is 0 Å². The highest BCUT2D eigenvalue weighted by atomic mass is 32.1. The summed E-state index contributed by atoms with van der Waals surface area (Å²) in [6, 6.07) is 17.6. The molecule has 0 radical (unpaired) electrons. The highest BCUT2D eigenvalue weighted by molar-refractivity contribution is 7.10. The molecule has 0 amide bonds. The van der Waals surface area contributed by atoms with E-state index in [4.69, 9.17) is 0 Å². The predicted molar refractivity (Wildman–Crippen MR) is 83.0 cm³/mol. The standard InChI is InChI=1S/C18H14S/c1-12-11-16-14-6-3-2-5-13(14)8-9-15(16)18(12)17-7-4-10-19-17/h2-10,18H,1,11H2/t18-/m0/s1. The van der Waals surface area contributed by atoms with Crippen LogP contribution in [0.4, 0.5) is 0 Å². The van der Waals surface area contributed by atoms with Crippen LogP contribution in [-0.4, -0.2) is 0 Å². The van der Waals surface area contributed by atoms with Crippen molar-refractivity contribution in [3.63, 3.8) is 0 Å². The third-order valence-electron chi connectivity index (χ3n) is 4.03. The molecule has 4 rings (SSSR count). The molecule has 1 heteroatoms. The largest absolute Gasteiger partial charge is 0.148 e. The average molecular weight is 262 g/mol. The Labute approximate surface area is 117 Å². The molecule has 0 N–H and O–H groups in total. The van der Waals surface area contributed by atoms with E-state index in [1.54, 1.807) is 0 Å². The lowest BCUT2D eigenvalue weighted by atomic mass is 9.95. The molecule has 1 aromatic heterocycles. The van der Waals surface area contributed by atoms with Gasteiger partial charge in [-0.2, -0.15) is 0 Å². The maximum Gasteiger partial charge on any atom is 0.0396 e. The SMILES string of the molecule is C=C1Cc2c(ccc3ccccc23)[C@H]1c1cccs1. The number of hydrogen-bond donors (Lipinski definition) is 0. The van der Waals surface area contributed by atoms with Gasteiger partial charge in [-0.3, -0.25) is 0 Å². The molecule has 92 valence electrons. The minimum atomic E-state index is 0.402. The molecule has 1 heterocycles. The molecule has 1 atom stereocenters. The van der Waals surface area contributed by atoms with Crippen LogP contribution >= 0.6 is 11.3 Å². The van der Waals surface area contributed by atoms with Crippen molar-refractivity contribution in [2.45, 2.75) is 12.3 Å². The van der Waals surface area contributed by atoms with Crippen molar-refractivity contribution in [2.75, 3.05) is 0 Å². The molecule has 1 aliphatic carbocycles. The Bertz CT molecular complexity index is 765. The lowest BCUT2D eigenvalue weighted by Crippen LogP contribution is -1.95. The molecule has 2 aromatic carbocycles. The van der Waals surface area contributed by atoms with Gasteiger partial charge in [0.1, 0.15) is 0 Å². The number of allylic oxidation sites excluding steroid dienone is 1. The lowest BCUT2D eigenvalue weighted by Gasteiger charge is -2.11. The van der Waals surface area contributed by atoms with Gasteiger partial charge in [0.15, 0.2) is 0 Å². The monoisotopic (exact) mass is 262 g/mol. The van der Waals surface area contributed by atoms with E-state index < -0.39 is 0 Å². The molecule has 0 spiro atoms. The van der Waals surface area contributed by atoms with Gasteiger partial charge in [0.05, 0.1) is 0 Å². The van der Waals surface area contributed by atoms with Gasteiger partial charge in [-0.05, 0) is 39.8 Å². The number of thiophene rings is 1. The maximum atomic E-state index is 4.32. The maximum absolute atomic E-state index is 4.32. The van der Waals surface area contributed by atoms with Crippen LogP contribution in [0.3, 0.4) is 0 Å². The van der Waals surface area contributed by atoms with Crippen molar-refractivity contribution in [3.05, 3.63) is 82.1 Å². The van der Waals surface area contributed by atoms with Gasteiger partial charge in [-0.1, -0.05) is 54.6 Å². The molecule has 19 heavy (non-hydrogen) atoms. The van der Waals surface area contributed by atoms with Gasteiger partial charge < -0.3 is 0 Å². The zero-order chi connectivity index (χ0) is 12.8. The second-order valence-corrected chi connectivity index (χ2v) is 6.12. The number of hydrogen-bond acceptors (Lipinski definition) is 1. The quantitative estimate of drug-likeness (QED) is 0.532. The van der Waals surface area contributed by atoms with E-state index in [1.165, 1.54) is 32.3 Å². The summed E-state index contributed by atoms with van der Waals surface area (Å²) < 4.78 is 0. The van der Waals surface area contributed by atoms with E-state index >= 15 is 0 Å². The third-order valence-corrected chi connectivity index (χ3v) is 4.96. The molecule has 0 fully saturated rings. The molecule has 0 aliphatic heterocycles. The zero-order valence-electron chi connectivity index (χ0n) is 10.6. The van der Waals surface area contributed by atoms with Gasteiger partial charge in [-0.25, -0.2) is 0 Å². The Kier molecular flexibility index (Phi) is 2.36. The predicted octanol–water partition coefficient (Wildman–Crippen LogP) is 5.15. The molecular weight excluding hydrogens is 248 g/mol. The van der Waals surface area contributed by atoms with Crippen LogP contribution in [-0.2, 0) is 6.42 Å². The summed E-state index contributed by atoms with van der Waals surface area (Å²) in [4.78, 5) is 1.42. The van der Waals surface area contributed by atoms with Crippen molar-refractivity contribution in [1.82, 2.24) is 0 Å². The van der Waals surface area contributed by atoms with Gasteiger partial charge in [0.2, 0.25) is 0 Å². The molecule has 0 bridgehead atoms. The minimum absolute atomic E-state index is 0.402. The van der Waals surface area contributed by atoms with Crippen LogP contribution in [0.5, 0.6) is 0 Å². The second-order valence-electron chi connectivity index (χ2n) is 5.14. The topological polar surface area (TPSA) is 0 Å². The molecule has 1 aliphatic rings. The van der Waals surface area contributed by atoms with Crippen LogP contribution in [0.1, 0.15) is 21.9 Å². The fraction of sp³-hybridized carbons (Fsp3) is 0.111. The highest BCUT2D eigenvalue weighted by Crippen LogP contribution is 2.45. The van der Waals surface area contributed by atoms with Gasteiger partial charge >= 0.3 is 0 Å². The fourth-order valence-corrected chi connectivity index (χ4v) is 4.08. The average Bonchev–Trinajstić information content (AvgIpc) is 3.04. The fourth-order valence-electron chi connectivity index (χ4n) is 3.18. The second kappa shape index (κ2) is 4.07. The van der Waals surface area contributed by atoms with E-state index in [2.05, 4.69) is 60.5 Å². The molecule has 0 unspecified atom stereocenters. The van der Waals surface area contributed by atoms with E-state index in [9.17, 15) is 0 Å². The normalized spacial score (nSPS) is 17.9. The molecule has 0 saturated heterocycles. The summed E-state index contributed by atoms with van der Waals surface area (Å²) in [5, 5.41) is 4.88. The molecule has 0 nitrogen and oxygen atoms in total.